The van der Waals surface area contributed by atoms with Gasteiger partial charge in [0.15, 0.2) is 5.69 Å². The van der Waals surface area contributed by atoms with Crippen LogP contribution in [-0.2, 0) is 0 Å². The number of hydrogen-bond donors (Lipinski definition) is 1. The standard InChI is InChI=1S/C17H14F2N4O/c1-10-6-7-14(9-15(10)19)23-11(2)16(21-22-23)17(24)20-13-5-3-4-12(18)8-13/h3-9H,1-2H3,(H,20,24). The number of rotatable bonds is 3. The summed E-state index contributed by atoms with van der Waals surface area (Å²) in [5.41, 5.74) is 1.83. The van der Waals surface area contributed by atoms with Crippen molar-refractivity contribution < 1.29 is 13.6 Å². The van der Waals surface area contributed by atoms with Crippen LogP contribution in [0.1, 0.15) is 21.7 Å². The van der Waals surface area contributed by atoms with Crippen molar-refractivity contribution in [2.45, 2.75) is 13.8 Å². The molecule has 0 saturated heterocycles. The summed E-state index contributed by atoms with van der Waals surface area (Å²) in [6.07, 6.45) is 0. The van der Waals surface area contributed by atoms with Crippen molar-refractivity contribution in [3.63, 3.8) is 0 Å². The second kappa shape index (κ2) is 6.19. The molecule has 0 spiro atoms. The van der Waals surface area contributed by atoms with Crippen molar-refractivity contribution in [3.05, 3.63) is 71.1 Å². The van der Waals surface area contributed by atoms with Gasteiger partial charge in [-0.15, -0.1) is 5.10 Å². The topological polar surface area (TPSA) is 59.8 Å². The highest BCUT2D eigenvalue weighted by Crippen LogP contribution is 2.17. The minimum absolute atomic E-state index is 0.0836. The normalized spacial score (nSPS) is 10.7. The van der Waals surface area contributed by atoms with Crippen molar-refractivity contribution in [2.75, 3.05) is 5.32 Å². The third kappa shape index (κ3) is 3.01. The van der Waals surface area contributed by atoms with E-state index in [-0.39, 0.29) is 11.5 Å². The van der Waals surface area contributed by atoms with E-state index < -0.39 is 11.7 Å². The first-order chi connectivity index (χ1) is 11.5. The van der Waals surface area contributed by atoms with Gasteiger partial charge in [-0.25, -0.2) is 13.5 Å². The highest BCUT2D eigenvalue weighted by Gasteiger charge is 2.18. The lowest BCUT2D eigenvalue weighted by atomic mass is 10.2. The third-order valence-electron chi connectivity index (χ3n) is 3.59. The van der Waals surface area contributed by atoms with Crippen molar-refractivity contribution >= 4 is 11.6 Å². The van der Waals surface area contributed by atoms with Gasteiger partial charge in [0.1, 0.15) is 11.6 Å². The number of halogens is 2. The molecule has 1 heterocycles. The first-order valence-electron chi connectivity index (χ1n) is 7.21. The van der Waals surface area contributed by atoms with Crippen molar-refractivity contribution in [2.24, 2.45) is 0 Å². The average Bonchev–Trinajstić information content (AvgIpc) is 2.92. The van der Waals surface area contributed by atoms with Crippen LogP contribution in [0.25, 0.3) is 5.69 Å². The first-order valence-corrected chi connectivity index (χ1v) is 7.21. The van der Waals surface area contributed by atoms with E-state index in [0.717, 1.165) is 0 Å². The lowest BCUT2D eigenvalue weighted by Crippen LogP contribution is -2.14. The summed E-state index contributed by atoms with van der Waals surface area (Å²) in [5, 5.41) is 10.3. The molecule has 0 atom stereocenters. The maximum atomic E-state index is 13.7. The van der Waals surface area contributed by atoms with E-state index in [1.807, 2.05) is 0 Å². The van der Waals surface area contributed by atoms with Gasteiger partial charge in [-0.2, -0.15) is 0 Å². The van der Waals surface area contributed by atoms with Gasteiger partial charge in [0.2, 0.25) is 0 Å². The number of hydrogen-bond acceptors (Lipinski definition) is 3. The minimum atomic E-state index is -0.517. The molecular weight excluding hydrogens is 314 g/mol. The number of aromatic nitrogens is 3. The van der Waals surface area contributed by atoms with Gasteiger partial charge in [-0.1, -0.05) is 17.3 Å². The molecule has 122 valence electrons. The second-order valence-electron chi connectivity index (χ2n) is 5.33. The lowest BCUT2D eigenvalue weighted by molar-refractivity contribution is 0.102. The number of amides is 1. The molecule has 0 radical (unpaired) electrons. The van der Waals surface area contributed by atoms with Gasteiger partial charge in [0, 0.05) is 5.69 Å². The van der Waals surface area contributed by atoms with E-state index in [0.29, 0.717) is 22.6 Å². The first kappa shape index (κ1) is 15.8. The molecule has 0 unspecified atom stereocenters. The smallest absolute Gasteiger partial charge is 0.278 e. The summed E-state index contributed by atoms with van der Waals surface area (Å²) < 4.78 is 28.3. The largest absolute Gasteiger partial charge is 0.320 e. The van der Waals surface area contributed by atoms with Gasteiger partial charge in [-0.3, -0.25) is 4.79 Å². The van der Waals surface area contributed by atoms with E-state index >= 15 is 0 Å². The quantitative estimate of drug-likeness (QED) is 0.801. The van der Waals surface area contributed by atoms with Gasteiger partial charge in [0.25, 0.3) is 5.91 Å². The highest BCUT2D eigenvalue weighted by molar-refractivity contribution is 6.03. The summed E-state index contributed by atoms with van der Waals surface area (Å²) in [7, 11) is 0. The maximum absolute atomic E-state index is 13.7. The van der Waals surface area contributed by atoms with Crippen LogP contribution < -0.4 is 5.32 Å². The molecule has 0 fully saturated rings. The molecule has 7 heteroatoms. The third-order valence-corrected chi connectivity index (χ3v) is 3.59. The van der Waals surface area contributed by atoms with Crippen molar-refractivity contribution in [1.82, 2.24) is 15.0 Å². The number of carbonyl (C=O) groups excluding carboxylic acids is 1. The molecule has 1 amide bonds. The molecular formula is C17H14F2N4O. The summed E-state index contributed by atoms with van der Waals surface area (Å²) in [4.78, 5) is 12.3. The summed E-state index contributed by atoms with van der Waals surface area (Å²) >= 11 is 0. The molecule has 0 saturated carbocycles. The number of nitrogens with one attached hydrogen (secondary N) is 1. The van der Waals surface area contributed by atoms with Crippen LogP contribution in [0.5, 0.6) is 0 Å². The molecule has 0 aliphatic heterocycles. The number of anilines is 1. The Balaban J connectivity index is 1.89. The van der Waals surface area contributed by atoms with Crippen molar-refractivity contribution in [1.29, 1.82) is 0 Å². The molecule has 5 nitrogen and oxygen atoms in total. The SMILES string of the molecule is Cc1ccc(-n2nnc(C(=O)Nc3cccc(F)c3)c2C)cc1F. The van der Waals surface area contributed by atoms with Crippen LogP contribution in [0.15, 0.2) is 42.5 Å². The number of benzene rings is 2. The van der Waals surface area contributed by atoms with E-state index in [1.165, 1.54) is 28.9 Å². The van der Waals surface area contributed by atoms with Crippen LogP contribution in [0.3, 0.4) is 0 Å². The fourth-order valence-corrected chi connectivity index (χ4v) is 2.25. The Morgan fingerprint density at radius 2 is 1.92 bits per heavy atom. The van der Waals surface area contributed by atoms with Crippen LogP contribution in [0.4, 0.5) is 14.5 Å². The predicted molar refractivity (Wildman–Crippen MR) is 85.1 cm³/mol. The molecule has 1 aromatic heterocycles. The Bertz CT molecular complexity index is 921. The molecule has 24 heavy (non-hydrogen) atoms. The number of carbonyl (C=O) groups is 1. The predicted octanol–water partition coefficient (Wildman–Crippen LogP) is 3.41. The second-order valence-corrected chi connectivity index (χ2v) is 5.33. The van der Waals surface area contributed by atoms with E-state index in [9.17, 15) is 13.6 Å². The zero-order valence-corrected chi connectivity index (χ0v) is 13.0. The molecule has 1 N–H and O–H groups in total. The fraction of sp³-hybridized carbons (Fsp3) is 0.118. The van der Waals surface area contributed by atoms with Gasteiger partial charge < -0.3 is 5.32 Å². The van der Waals surface area contributed by atoms with Crippen LogP contribution >= 0.6 is 0 Å². The molecule has 0 aliphatic carbocycles. The van der Waals surface area contributed by atoms with Gasteiger partial charge in [-0.05, 0) is 49.7 Å². The minimum Gasteiger partial charge on any atom is -0.320 e. The maximum Gasteiger partial charge on any atom is 0.278 e. The lowest BCUT2D eigenvalue weighted by Gasteiger charge is -2.06. The zero-order valence-electron chi connectivity index (χ0n) is 13.0. The molecule has 3 rings (SSSR count). The summed E-state index contributed by atoms with van der Waals surface area (Å²) in [6, 6.07) is 10.2. The number of aryl methyl sites for hydroxylation is 1. The molecule has 3 aromatic rings. The van der Waals surface area contributed by atoms with Crippen molar-refractivity contribution in [3.8, 4) is 5.69 Å². The Kier molecular flexibility index (Phi) is 4.07. The Morgan fingerprint density at radius 1 is 1.12 bits per heavy atom. The summed E-state index contributed by atoms with van der Waals surface area (Å²) in [6.45, 7) is 3.31. The van der Waals surface area contributed by atoms with Gasteiger partial charge >= 0.3 is 0 Å². The van der Waals surface area contributed by atoms with Gasteiger partial charge in [0.05, 0.1) is 11.4 Å². The monoisotopic (exact) mass is 328 g/mol. The van der Waals surface area contributed by atoms with E-state index in [2.05, 4.69) is 15.6 Å². The summed E-state index contributed by atoms with van der Waals surface area (Å²) in [5.74, 6) is -1.34. The molecule has 0 bridgehead atoms. The van der Waals surface area contributed by atoms with Crippen LogP contribution in [0, 0.1) is 25.5 Å². The Morgan fingerprint density at radius 3 is 2.62 bits per heavy atom. The van der Waals surface area contributed by atoms with E-state index in [1.54, 1.807) is 32.0 Å². The van der Waals surface area contributed by atoms with E-state index in [4.69, 9.17) is 0 Å². The number of nitrogens with zero attached hydrogens (tertiary/aromatic N) is 3. The average molecular weight is 328 g/mol. The molecule has 0 aliphatic rings. The highest BCUT2D eigenvalue weighted by atomic mass is 19.1. The Hall–Kier alpha value is -3.09. The zero-order chi connectivity index (χ0) is 17.3. The fourth-order valence-electron chi connectivity index (χ4n) is 2.25. The Labute approximate surface area is 136 Å². The van der Waals surface area contributed by atoms with Crippen LogP contribution in [0.2, 0.25) is 0 Å². The van der Waals surface area contributed by atoms with Crippen LogP contribution in [-0.4, -0.2) is 20.9 Å². The molecule has 2 aromatic carbocycles.